The molecular formula is C13H18BrClN2. The minimum absolute atomic E-state index is 0.519. The highest BCUT2D eigenvalue weighted by atomic mass is 79.9. The SMILES string of the molecule is Clc1ncc(NCC2CCCCCC2)cc1Br. The van der Waals surface area contributed by atoms with Crippen LogP contribution < -0.4 is 5.32 Å². The third-order valence-corrected chi connectivity index (χ3v) is 4.50. The van der Waals surface area contributed by atoms with Gasteiger partial charge in [0.15, 0.2) is 0 Å². The van der Waals surface area contributed by atoms with Gasteiger partial charge in [0, 0.05) is 6.54 Å². The predicted molar refractivity (Wildman–Crippen MR) is 76.6 cm³/mol. The monoisotopic (exact) mass is 316 g/mol. The van der Waals surface area contributed by atoms with Crippen LogP contribution in [0.25, 0.3) is 0 Å². The van der Waals surface area contributed by atoms with Crippen molar-refractivity contribution < 1.29 is 0 Å². The Balaban J connectivity index is 1.85. The maximum absolute atomic E-state index is 5.87. The molecule has 0 aromatic carbocycles. The Morgan fingerprint density at radius 3 is 2.65 bits per heavy atom. The van der Waals surface area contributed by atoms with Crippen molar-refractivity contribution in [1.82, 2.24) is 4.98 Å². The zero-order chi connectivity index (χ0) is 12.1. The van der Waals surface area contributed by atoms with Gasteiger partial charge >= 0.3 is 0 Å². The average Bonchev–Trinajstić information content (AvgIpc) is 2.59. The van der Waals surface area contributed by atoms with E-state index < -0.39 is 0 Å². The molecule has 1 aliphatic carbocycles. The Labute approximate surface area is 116 Å². The number of anilines is 1. The van der Waals surface area contributed by atoms with Crippen molar-refractivity contribution in [3.05, 3.63) is 21.9 Å². The van der Waals surface area contributed by atoms with Gasteiger partial charge in [0.2, 0.25) is 0 Å². The van der Waals surface area contributed by atoms with Gasteiger partial charge in [-0.2, -0.15) is 0 Å². The minimum atomic E-state index is 0.519. The van der Waals surface area contributed by atoms with Crippen molar-refractivity contribution in [3.63, 3.8) is 0 Å². The minimum Gasteiger partial charge on any atom is -0.383 e. The van der Waals surface area contributed by atoms with E-state index in [1.165, 1.54) is 38.5 Å². The third-order valence-electron chi connectivity index (χ3n) is 3.37. The first-order valence-corrected chi connectivity index (χ1v) is 7.48. The molecule has 0 spiro atoms. The van der Waals surface area contributed by atoms with Crippen LogP contribution in [0.1, 0.15) is 38.5 Å². The zero-order valence-corrected chi connectivity index (χ0v) is 12.2. The van der Waals surface area contributed by atoms with Crippen LogP contribution in [0.2, 0.25) is 5.15 Å². The molecule has 0 bridgehead atoms. The van der Waals surface area contributed by atoms with Crippen molar-refractivity contribution in [2.24, 2.45) is 5.92 Å². The summed E-state index contributed by atoms with van der Waals surface area (Å²) in [5, 5.41) is 3.98. The van der Waals surface area contributed by atoms with Crippen molar-refractivity contribution in [2.75, 3.05) is 11.9 Å². The van der Waals surface area contributed by atoms with Crippen molar-refractivity contribution in [3.8, 4) is 0 Å². The van der Waals surface area contributed by atoms with E-state index in [-0.39, 0.29) is 0 Å². The topological polar surface area (TPSA) is 24.9 Å². The fourth-order valence-electron chi connectivity index (χ4n) is 2.35. The summed E-state index contributed by atoms with van der Waals surface area (Å²) in [4.78, 5) is 4.12. The van der Waals surface area contributed by atoms with Gasteiger partial charge in [-0.15, -0.1) is 0 Å². The number of hydrogen-bond donors (Lipinski definition) is 1. The number of pyridine rings is 1. The molecular weight excluding hydrogens is 300 g/mol. The molecule has 0 radical (unpaired) electrons. The summed E-state index contributed by atoms with van der Waals surface area (Å²) in [5.74, 6) is 0.812. The Morgan fingerprint density at radius 2 is 2.00 bits per heavy atom. The summed E-state index contributed by atoms with van der Waals surface area (Å²) in [6.07, 6.45) is 10.1. The van der Waals surface area contributed by atoms with Crippen LogP contribution in [0.15, 0.2) is 16.7 Å². The standard InChI is InChI=1S/C13H18BrClN2/c14-12-7-11(9-17-13(12)15)16-8-10-5-3-1-2-4-6-10/h7,9-10,16H,1-6,8H2. The molecule has 1 aromatic rings. The lowest BCUT2D eigenvalue weighted by Gasteiger charge is -2.15. The summed E-state index contributed by atoms with van der Waals surface area (Å²) in [7, 11) is 0. The number of hydrogen-bond acceptors (Lipinski definition) is 2. The van der Waals surface area contributed by atoms with E-state index in [1.54, 1.807) is 6.20 Å². The van der Waals surface area contributed by atoms with Gasteiger partial charge < -0.3 is 5.32 Å². The summed E-state index contributed by atoms with van der Waals surface area (Å²) in [5.41, 5.74) is 1.05. The second kappa shape index (κ2) is 6.60. The van der Waals surface area contributed by atoms with E-state index in [0.29, 0.717) is 5.15 Å². The number of rotatable bonds is 3. The molecule has 0 atom stereocenters. The normalized spacial score (nSPS) is 17.8. The van der Waals surface area contributed by atoms with Crippen LogP contribution >= 0.6 is 27.5 Å². The number of aromatic nitrogens is 1. The molecule has 1 heterocycles. The van der Waals surface area contributed by atoms with Crippen LogP contribution in [0, 0.1) is 5.92 Å². The molecule has 4 heteroatoms. The summed E-state index contributed by atoms with van der Waals surface area (Å²) >= 11 is 9.26. The molecule has 1 aliphatic rings. The molecule has 2 rings (SSSR count). The van der Waals surface area contributed by atoms with E-state index in [4.69, 9.17) is 11.6 Å². The molecule has 1 N–H and O–H groups in total. The predicted octanol–water partition coefficient (Wildman–Crippen LogP) is 4.88. The molecule has 0 aliphatic heterocycles. The zero-order valence-electron chi connectivity index (χ0n) is 9.88. The summed E-state index contributed by atoms with van der Waals surface area (Å²) in [6, 6.07) is 1.99. The van der Waals surface area contributed by atoms with Crippen molar-refractivity contribution >= 4 is 33.2 Å². The van der Waals surface area contributed by atoms with E-state index in [0.717, 1.165) is 22.6 Å². The summed E-state index contributed by atoms with van der Waals surface area (Å²) < 4.78 is 0.852. The molecule has 17 heavy (non-hydrogen) atoms. The average molecular weight is 318 g/mol. The van der Waals surface area contributed by atoms with Gasteiger partial charge in [-0.25, -0.2) is 4.98 Å². The highest BCUT2D eigenvalue weighted by molar-refractivity contribution is 9.10. The van der Waals surface area contributed by atoms with Gasteiger partial charge in [0.05, 0.1) is 16.4 Å². The lowest BCUT2D eigenvalue weighted by molar-refractivity contribution is 0.483. The molecule has 1 fully saturated rings. The lowest BCUT2D eigenvalue weighted by Crippen LogP contribution is -2.13. The fraction of sp³-hybridized carbons (Fsp3) is 0.615. The third kappa shape index (κ3) is 4.14. The molecule has 94 valence electrons. The van der Waals surface area contributed by atoms with E-state index in [1.807, 2.05) is 6.07 Å². The largest absolute Gasteiger partial charge is 0.383 e. The van der Waals surface area contributed by atoms with Crippen molar-refractivity contribution in [1.29, 1.82) is 0 Å². The van der Waals surface area contributed by atoms with Crippen LogP contribution in [0.3, 0.4) is 0 Å². The number of halogens is 2. The second-order valence-electron chi connectivity index (χ2n) is 4.74. The first kappa shape index (κ1) is 13.2. The maximum Gasteiger partial charge on any atom is 0.143 e. The van der Waals surface area contributed by atoms with Crippen molar-refractivity contribution in [2.45, 2.75) is 38.5 Å². The van der Waals surface area contributed by atoms with Crippen LogP contribution in [-0.4, -0.2) is 11.5 Å². The molecule has 2 nitrogen and oxygen atoms in total. The Kier molecular flexibility index (Phi) is 5.11. The molecule has 0 unspecified atom stereocenters. The van der Waals surface area contributed by atoms with Crippen LogP contribution in [0.4, 0.5) is 5.69 Å². The Morgan fingerprint density at radius 1 is 1.29 bits per heavy atom. The first-order valence-electron chi connectivity index (χ1n) is 6.30. The highest BCUT2D eigenvalue weighted by Crippen LogP contribution is 2.25. The van der Waals surface area contributed by atoms with Gasteiger partial charge in [0.1, 0.15) is 5.15 Å². The smallest absolute Gasteiger partial charge is 0.143 e. The first-order chi connectivity index (χ1) is 8.25. The van der Waals surface area contributed by atoms with E-state index in [9.17, 15) is 0 Å². The maximum atomic E-state index is 5.87. The van der Waals surface area contributed by atoms with Gasteiger partial charge in [-0.1, -0.05) is 37.3 Å². The van der Waals surface area contributed by atoms with Gasteiger partial charge in [0.25, 0.3) is 0 Å². The van der Waals surface area contributed by atoms with Gasteiger partial charge in [-0.3, -0.25) is 0 Å². The Bertz CT molecular complexity index is 362. The van der Waals surface area contributed by atoms with Gasteiger partial charge in [-0.05, 0) is 40.8 Å². The summed E-state index contributed by atoms with van der Waals surface area (Å²) in [6.45, 7) is 1.05. The number of nitrogens with one attached hydrogen (secondary N) is 1. The lowest BCUT2D eigenvalue weighted by atomic mass is 10.0. The quantitative estimate of drug-likeness (QED) is 0.635. The highest BCUT2D eigenvalue weighted by Gasteiger charge is 2.12. The van der Waals surface area contributed by atoms with Crippen LogP contribution in [0.5, 0.6) is 0 Å². The second-order valence-corrected chi connectivity index (χ2v) is 5.95. The number of nitrogens with zero attached hydrogens (tertiary/aromatic N) is 1. The molecule has 0 amide bonds. The van der Waals surface area contributed by atoms with E-state index in [2.05, 4.69) is 26.2 Å². The molecule has 1 aromatic heterocycles. The molecule has 1 saturated carbocycles. The Hall–Kier alpha value is -0.280. The fourth-order valence-corrected chi connectivity index (χ4v) is 2.80. The van der Waals surface area contributed by atoms with Crippen LogP contribution in [-0.2, 0) is 0 Å². The molecule has 0 saturated heterocycles. The van der Waals surface area contributed by atoms with E-state index >= 15 is 0 Å².